The topological polar surface area (TPSA) is 49.4 Å². The van der Waals surface area contributed by atoms with Crippen LogP contribution in [0, 0.1) is 5.92 Å². The normalized spacial score (nSPS) is 17.1. The first-order valence-corrected chi connectivity index (χ1v) is 8.36. The Morgan fingerprint density at radius 2 is 1.83 bits per heavy atom. The molecule has 0 spiro atoms. The average Bonchev–Trinajstić information content (AvgIpc) is 2.97. The summed E-state index contributed by atoms with van der Waals surface area (Å²) in [5.74, 6) is 0.216. The molecule has 124 valence electrons. The van der Waals surface area contributed by atoms with Gasteiger partial charge in [-0.2, -0.15) is 0 Å². The highest BCUT2D eigenvalue weighted by Crippen LogP contribution is 2.24. The maximum absolute atomic E-state index is 12.2. The summed E-state index contributed by atoms with van der Waals surface area (Å²) in [7, 11) is 0. The van der Waals surface area contributed by atoms with Crippen molar-refractivity contribution in [1.29, 1.82) is 0 Å². The van der Waals surface area contributed by atoms with Crippen LogP contribution in [0.25, 0.3) is 0 Å². The molecule has 1 fully saturated rings. The van der Waals surface area contributed by atoms with Crippen molar-refractivity contribution in [3.63, 3.8) is 0 Å². The van der Waals surface area contributed by atoms with Gasteiger partial charge in [0.1, 0.15) is 0 Å². The maximum atomic E-state index is 12.2. The minimum absolute atomic E-state index is 0.0390. The summed E-state index contributed by atoms with van der Waals surface area (Å²) in [5, 5.41) is 3.59. The summed E-state index contributed by atoms with van der Waals surface area (Å²) in [6.45, 7) is 1.16. The van der Waals surface area contributed by atoms with Crippen LogP contribution in [0.2, 0.25) is 5.02 Å². The lowest BCUT2D eigenvalue weighted by Gasteiger charge is -2.16. The van der Waals surface area contributed by atoms with Crippen molar-refractivity contribution in [2.75, 3.05) is 18.0 Å². The van der Waals surface area contributed by atoms with Gasteiger partial charge in [0.25, 0.3) is 0 Å². The molecule has 0 radical (unpaired) electrons. The van der Waals surface area contributed by atoms with E-state index in [2.05, 4.69) is 5.32 Å². The second kappa shape index (κ2) is 7.49. The fourth-order valence-corrected chi connectivity index (χ4v) is 3.01. The molecule has 1 aliphatic heterocycles. The van der Waals surface area contributed by atoms with Gasteiger partial charge in [0.05, 0.1) is 6.42 Å². The molecule has 4 nitrogen and oxygen atoms in total. The van der Waals surface area contributed by atoms with Crippen LogP contribution < -0.4 is 10.2 Å². The Morgan fingerprint density at radius 1 is 1.12 bits per heavy atom. The smallest absolute Gasteiger partial charge is 0.227 e. The van der Waals surface area contributed by atoms with Gasteiger partial charge in [0, 0.05) is 36.1 Å². The third-order valence-electron chi connectivity index (χ3n) is 4.14. The number of carbonyl (C=O) groups excluding carboxylic acids is 2. The Hall–Kier alpha value is -2.33. The van der Waals surface area contributed by atoms with Crippen molar-refractivity contribution in [2.24, 2.45) is 5.92 Å². The lowest BCUT2D eigenvalue weighted by atomic mass is 10.1. The Kier molecular flexibility index (Phi) is 5.16. The number of halogens is 1. The van der Waals surface area contributed by atoms with Crippen LogP contribution in [0.15, 0.2) is 54.6 Å². The molecule has 5 heteroatoms. The molecule has 1 N–H and O–H groups in total. The van der Waals surface area contributed by atoms with Crippen molar-refractivity contribution < 1.29 is 9.59 Å². The predicted octanol–water partition coefficient (Wildman–Crippen LogP) is 3.05. The van der Waals surface area contributed by atoms with Gasteiger partial charge in [-0.3, -0.25) is 9.59 Å². The van der Waals surface area contributed by atoms with Gasteiger partial charge in [-0.15, -0.1) is 0 Å². The van der Waals surface area contributed by atoms with Crippen LogP contribution in [0.5, 0.6) is 0 Å². The largest absolute Gasteiger partial charge is 0.355 e. The van der Waals surface area contributed by atoms with Crippen molar-refractivity contribution >= 4 is 29.1 Å². The molecule has 0 unspecified atom stereocenters. The monoisotopic (exact) mass is 342 g/mol. The third kappa shape index (κ3) is 4.15. The van der Waals surface area contributed by atoms with E-state index in [-0.39, 0.29) is 17.7 Å². The van der Waals surface area contributed by atoms with Crippen LogP contribution in [-0.4, -0.2) is 24.9 Å². The number of carbonyl (C=O) groups is 2. The van der Waals surface area contributed by atoms with Crippen LogP contribution in [-0.2, 0) is 16.0 Å². The Morgan fingerprint density at radius 3 is 2.54 bits per heavy atom. The number of amides is 2. The van der Waals surface area contributed by atoms with Gasteiger partial charge < -0.3 is 10.2 Å². The van der Waals surface area contributed by atoms with E-state index in [0.717, 1.165) is 11.3 Å². The van der Waals surface area contributed by atoms with E-state index in [0.29, 0.717) is 31.0 Å². The molecule has 2 aromatic carbocycles. The summed E-state index contributed by atoms with van der Waals surface area (Å²) in [4.78, 5) is 26.0. The molecule has 24 heavy (non-hydrogen) atoms. The van der Waals surface area contributed by atoms with E-state index in [1.165, 1.54) is 0 Å². The molecular weight excluding hydrogens is 324 g/mol. The van der Waals surface area contributed by atoms with Crippen LogP contribution >= 0.6 is 11.6 Å². The standard InChI is InChI=1S/C19H19ClN2O2/c20-16-8-6-14(7-9-16)10-18(23)21-12-15-11-19(24)22(13-15)17-4-2-1-3-5-17/h1-9,15H,10-13H2,(H,21,23)/t15-/m0/s1. The fraction of sp³-hybridized carbons (Fsp3) is 0.263. The zero-order valence-electron chi connectivity index (χ0n) is 13.2. The first kappa shape index (κ1) is 16.5. The number of nitrogens with zero attached hydrogens (tertiary/aromatic N) is 1. The highest BCUT2D eigenvalue weighted by atomic mass is 35.5. The first-order chi connectivity index (χ1) is 11.6. The van der Waals surface area contributed by atoms with E-state index in [1.807, 2.05) is 42.5 Å². The van der Waals surface area contributed by atoms with Gasteiger partial charge >= 0.3 is 0 Å². The fourth-order valence-electron chi connectivity index (χ4n) is 2.88. The molecule has 2 amide bonds. The maximum Gasteiger partial charge on any atom is 0.227 e. The number of hydrogen-bond acceptors (Lipinski definition) is 2. The lowest BCUT2D eigenvalue weighted by molar-refractivity contribution is -0.121. The summed E-state index contributed by atoms with van der Waals surface area (Å²) >= 11 is 5.84. The first-order valence-electron chi connectivity index (χ1n) is 7.98. The Bertz CT molecular complexity index is 716. The number of para-hydroxylation sites is 1. The number of benzene rings is 2. The highest BCUT2D eigenvalue weighted by molar-refractivity contribution is 6.30. The predicted molar refractivity (Wildman–Crippen MR) is 95.1 cm³/mol. The van der Waals surface area contributed by atoms with Gasteiger partial charge in [-0.05, 0) is 29.8 Å². The number of hydrogen-bond donors (Lipinski definition) is 1. The molecule has 0 aliphatic carbocycles. The van der Waals surface area contributed by atoms with Crippen LogP contribution in [0.3, 0.4) is 0 Å². The molecule has 1 saturated heterocycles. The molecule has 1 heterocycles. The van der Waals surface area contributed by atoms with E-state index in [4.69, 9.17) is 11.6 Å². The van der Waals surface area contributed by atoms with Gasteiger partial charge in [-0.25, -0.2) is 0 Å². The van der Waals surface area contributed by atoms with Crippen molar-refractivity contribution in [3.8, 4) is 0 Å². The zero-order valence-corrected chi connectivity index (χ0v) is 14.0. The third-order valence-corrected chi connectivity index (χ3v) is 4.39. The number of rotatable bonds is 5. The summed E-state index contributed by atoms with van der Waals surface area (Å²) < 4.78 is 0. The summed E-state index contributed by atoms with van der Waals surface area (Å²) in [6, 6.07) is 16.9. The molecule has 0 aromatic heterocycles. The molecule has 0 bridgehead atoms. The molecule has 1 atom stereocenters. The molecule has 1 aliphatic rings. The van der Waals surface area contributed by atoms with Crippen molar-refractivity contribution in [3.05, 3.63) is 65.2 Å². The SMILES string of the molecule is O=C(Cc1ccc(Cl)cc1)NC[C@@H]1CC(=O)N(c2ccccc2)C1. The van der Waals surface area contributed by atoms with E-state index >= 15 is 0 Å². The number of anilines is 1. The minimum Gasteiger partial charge on any atom is -0.355 e. The van der Waals surface area contributed by atoms with Crippen LogP contribution in [0.4, 0.5) is 5.69 Å². The average molecular weight is 343 g/mol. The number of nitrogens with one attached hydrogen (secondary N) is 1. The second-order valence-electron chi connectivity index (χ2n) is 6.02. The Labute approximate surface area is 146 Å². The lowest BCUT2D eigenvalue weighted by Crippen LogP contribution is -2.32. The van der Waals surface area contributed by atoms with Crippen LogP contribution in [0.1, 0.15) is 12.0 Å². The molecule has 0 saturated carbocycles. The minimum atomic E-state index is -0.0390. The van der Waals surface area contributed by atoms with Gasteiger partial charge in [0.15, 0.2) is 0 Å². The van der Waals surface area contributed by atoms with Crippen molar-refractivity contribution in [1.82, 2.24) is 5.32 Å². The van der Waals surface area contributed by atoms with E-state index in [1.54, 1.807) is 17.0 Å². The summed E-state index contributed by atoms with van der Waals surface area (Å²) in [5.41, 5.74) is 1.84. The quantitative estimate of drug-likeness (QED) is 0.908. The Balaban J connectivity index is 1.49. The van der Waals surface area contributed by atoms with Crippen molar-refractivity contribution in [2.45, 2.75) is 12.8 Å². The highest BCUT2D eigenvalue weighted by Gasteiger charge is 2.30. The van der Waals surface area contributed by atoms with E-state index in [9.17, 15) is 9.59 Å². The second-order valence-corrected chi connectivity index (χ2v) is 6.45. The van der Waals surface area contributed by atoms with E-state index < -0.39 is 0 Å². The molecule has 2 aromatic rings. The summed E-state index contributed by atoms with van der Waals surface area (Å²) in [6.07, 6.45) is 0.788. The molecular formula is C19H19ClN2O2. The van der Waals surface area contributed by atoms with Gasteiger partial charge in [0.2, 0.25) is 11.8 Å². The zero-order chi connectivity index (χ0) is 16.9. The van der Waals surface area contributed by atoms with Gasteiger partial charge in [-0.1, -0.05) is 41.9 Å². The molecule has 3 rings (SSSR count).